The van der Waals surface area contributed by atoms with Crippen molar-refractivity contribution in [2.24, 2.45) is 0 Å². The van der Waals surface area contributed by atoms with Gasteiger partial charge < -0.3 is 9.84 Å². The van der Waals surface area contributed by atoms with Gasteiger partial charge in [0.05, 0.1) is 6.20 Å². The fraction of sp³-hybridized carbons (Fsp3) is 0.167. The van der Waals surface area contributed by atoms with Crippen LogP contribution in [0.3, 0.4) is 0 Å². The number of carboxylic acid groups (broad SMARTS) is 1. The van der Waals surface area contributed by atoms with E-state index in [1.54, 1.807) is 0 Å². The zero-order chi connectivity index (χ0) is 10.7. The number of ether oxygens (including phenoxy) is 1. The molecule has 0 saturated carbocycles. The molecule has 0 saturated heterocycles. The molecule has 0 fully saturated rings. The zero-order valence-electron chi connectivity index (χ0n) is 6.45. The largest absolute Gasteiger partial charge is 0.476 e. The van der Waals surface area contributed by atoms with E-state index in [-0.39, 0.29) is 4.60 Å². The minimum atomic E-state index is -3.14. The average molecular weight is 269 g/mol. The molecule has 0 atom stereocenters. The molecule has 0 aromatic carbocycles. The third-order valence-electron chi connectivity index (χ3n) is 1.11. The second-order valence-electron chi connectivity index (χ2n) is 2.03. The number of hydrogen-bond acceptors (Lipinski definition) is 4. The molecule has 0 aliphatic carbocycles. The van der Waals surface area contributed by atoms with E-state index in [0.717, 1.165) is 6.20 Å². The summed E-state index contributed by atoms with van der Waals surface area (Å²) in [5.74, 6) is -2.20. The van der Waals surface area contributed by atoms with Gasteiger partial charge in [-0.15, -0.1) is 0 Å². The zero-order valence-corrected chi connectivity index (χ0v) is 8.03. The highest BCUT2D eigenvalue weighted by Gasteiger charge is 2.18. The summed E-state index contributed by atoms with van der Waals surface area (Å²) in [6.07, 6.45) is 1.06. The van der Waals surface area contributed by atoms with Gasteiger partial charge in [0.25, 0.3) is 5.88 Å². The minimum absolute atomic E-state index is 0.122. The molecular weight excluding hydrogens is 266 g/mol. The molecule has 1 rings (SSSR count). The molecule has 0 unspecified atom stereocenters. The van der Waals surface area contributed by atoms with Gasteiger partial charge in [0.2, 0.25) is 5.69 Å². The molecule has 0 aliphatic rings. The van der Waals surface area contributed by atoms with E-state index in [0.29, 0.717) is 0 Å². The van der Waals surface area contributed by atoms with Crippen LogP contribution in [-0.2, 0) is 0 Å². The van der Waals surface area contributed by atoms with Gasteiger partial charge in [-0.3, -0.25) is 0 Å². The van der Waals surface area contributed by atoms with Crippen LogP contribution in [0.5, 0.6) is 5.88 Å². The lowest BCUT2D eigenvalue weighted by Crippen LogP contribution is -2.11. The van der Waals surface area contributed by atoms with Gasteiger partial charge in [-0.25, -0.2) is 14.8 Å². The van der Waals surface area contributed by atoms with Gasteiger partial charge in [0, 0.05) is 0 Å². The summed E-state index contributed by atoms with van der Waals surface area (Å²) in [5, 5.41) is 8.55. The van der Waals surface area contributed by atoms with Gasteiger partial charge >= 0.3 is 12.6 Å². The van der Waals surface area contributed by atoms with Crippen LogP contribution in [0.25, 0.3) is 0 Å². The first-order valence-electron chi connectivity index (χ1n) is 3.21. The van der Waals surface area contributed by atoms with E-state index in [1.165, 1.54) is 0 Å². The minimum Gasteiger partial charge on any atom is -0.476 e. The summed E-state index contributed by atoms with van der Waals surface area (Å²) in [6.45, 7) is -3.14. The van der Waals surface area contributed by atoms with Crippen molar-refractivity contribution in [1.29, 1.82) is 0 Å². The van der Waals surface area contributed by atoms with Gasteiger partial charge in [0.1, 0.15) is 4.60 Å². The molecule has 1 aromatic rings. The van der Waals surface area contributed by atoms with Crippen LogP contribution in [0.2, 0.25) is 0 Å². The molecule has 1 N–H and O–H groups in total. The van der Waals surface area contributed by atoms with Crippen molar-refractivity contribution in [3.05, 3.63) is 16.5 Å². The summed E-state index contributed by atoms with van der Waals surface area (Å²) in [7, 11) is 0. The number of alkyl halides is 2. The second kappa shape index (κ2) is 4.27. The van der Waals surface area contributed by atoms with Crippen LogP contribution in [-0.4, -0.2) is 27.7 Å². The Balaban J connectivity index is 3.08. The highest BCUT2D eigenvalue weighted by atomic mass is 79.9. The van der Waals surface area contributed by atoms with Crippen molar-refractivity contribution in [3.8, 4) is 5.88 Å². The lowest BCUT2D eigenvalue weighted by Gasteiger charge is -2.05. The number of nitrogens with zero attached hydrogens (tertiary/aromatic N) is 2. The Kier molecular flexibility index (Phi) is 3.28. The fourth-order valence-electron chi connectivity index (χ4n) is 0.666. The van der Waals surface area contributed by atoms with Crippen LogP contribution in [0.15, 0.2) is 10.8 Å². The SMILES string of the molecule is O=C(O)c1nc(Br)cnc1OC(F)F. The van der Waals surface area contributed by atoms with E-state index >= 15 is 0 Å². The number of aromatic nitrogens is 2. The predicted molar refractivity (Wildman–Crippen MR) is 43.3 cm³/mol. The van der Waals surface area contributed by atoms with Gasteiger partial charge in [-0.1, -0.05) is 0 Å². The Labute approximate surface area is 84.9 Å². The smallest absolute Gasteiger partial charge is 0.388 e. The van der Waals surface area contributed by atoms with E-state index in [1.807, 2.05) is 0 Å². The van der Waals surface area contributed by atoms with Crippen LogP contribution in [0.1, 0.15) is 10.5 Å². The van der Waals surface area contributed by atoms with E-state index in [2.05, 4.69) is 30.6 Å². The van der Waals surface area contributed by atoms with Crippen molar-refractivity contribution in [2.75, 3.05) is 0 Å². The van der Waals surface area contributed by atoms with E-state index in [4.69, 9.17) is 5.11 Å². The Morgan fingerprint density at radius 3 is 2.79 bits per heavy atom. The summed E-state index contributed by atoms with van der Waals surface area (Å²) in [5.41, 5.74) is -0.667. The first kappa shape index (κ1) is 10.8. The third kappa shape index (κ3) is 2.59. The molecule has 8 heteroatoms. The quantitative estimate of drug-likeness (QED) is 0.900. The lowest BCUT2D eigenvalue weighted by atomic mass is 10.4. The number of aromatic carboxylic acids is 1. The van der Waals surface area contributed by atoms with Crippen LogP contribution >= 0.6 is 15.9 Å². The standard InChI is InChI=1S/C6H3BrF2N2O3/c7-2-1-10-4(14-6(8)9)3(11-2)5(12)13/h1,6H,(H,12,13). The van der Waals surface area contributed by atoms with Crippen LogP contribution in [0.4, 0.5) is 8.78 Å². The molecule has 1 aromatic heterocycles. The predicted octanol–water partition coefficient (Wildman–Crippen LogP) is 1.54. The molecule has 1 heterocycles. The molecule has 0 amide bonds. The molecule has 5 nitrogen and oxygen atoms in total. The molecule has 0 aliphatic heterocycles. The Morgan fingerprint density at radius 1 is 1.64 bits per heavy atom. The first-order chi connectivity index (χ1) is 6.50. The highest BCUT2D eigenvalue weighted by Crippen LogP contribution is 2.17. The van der Waals surface area contributed by atoms with Crippen molar-refractivity contribution in [2.45, 2.75) is 6.61 Å². The number of hydrogen-bond donors (Lipinski definition) is 1. The van der Waals surface area contributed by atoms with Crippen molar-refractivity contribution in [3.63, 3.8) is 0 Å². The van der Waals surface area contributed by atoms with Crippen LogP contribution in [0, 0.1) is 0 Å². The normalized spacial score (nSPS) is 10.3. The molecule has 0 radical (unpaired) electrons. The highest BCUT2D eigenvalue weighted by molar-refractivity contribution is 9.10. The Morgan fingerprint density at radius 2 is 2.29 bits per heavy atom. The maximum Gasteiger partial charge on any atom is 0.388 e. The number of halogens is 3. The van der Waals surface area contributed by atoms with Crippen molar-refractivity contribution < 1.29 is 23.4 Å². The molecule has 76 valence electrons. The number of carbonyl (C=O) groups is 1. The maximum absolute atomic E-state index is 11.8. The molecule has 14 heavy (non-hydrogen) atoms. The summed E-state index contributed by atoms with van der Waals surface area (Å²) in [4.78, 5) is 17.3. The average Bonchev–Trinajstić information content (AvgIpc) is 2.07. The van der Waals surface area contributed by atoms with Gasteiger partial charge in [0.15, 0.2) is 0 Å². The summed E-state index contributed by atoms with van der Waals surface area (Å²) >= 11 is 2.85. The number of carboxylic acids is 1. The Bertz CT molecular complexity index is 361. The first-order valence-corrected chi connectivity index (χ1v) is 4.00. The number of rotatable bonds is 3. The molecular formula is C6H3BrF2N2O3. The second-order valence-corrected chi connectivity index (χ2v) is 2.84. The summed E-state index contributed by atoms with van der Waals surface area (Å²) < 4.78 is 27.5. The summed E-state index contributed by atoms with van der Waals surface area (Å²) in [6, 6.07) is 0. The van der Waals surface area contributed by atoms with Crippen molar-refractivity contribution >= 4 is 21.9 Å². The van der Waals surface area contributed by atoms with E-state index in [9.17, 15) is 13.6 Å². The topological polar surface area (TPSA) is 72.3 Å². The third-order valence-corrected chi connectivity index (χ3v) is 1.49. The van der Waals surface area contributed by atoms with Gasteiger partial charge in [-0.05, 0) is 15.9 Å². The lowest BCUT2D eigenvalue weighted by molar-refractivity contribution is -0.0537. The fourth-order valence-corrected chi connectivity index (χ4v) is 0.946. The molecule has 0 bridgehead atoms. The van der Waals surface area contributed by atoms with Crippen molar-refractivity contribution in [1.82, 2.24) is 9.97 Å². The Hall–Kier alpha value is -1.31. The monoisotopic (exact) mass is 268 g/mol. The van der Waals surface area contributed by atoms with E-state index < -0.39 is 24.2 Å². The molecule has 0 spiro atoms. The van der Waals surface area contributed by atoms with Crippen LogP contribution < -0.4 is 4.74 Å². The maximum atomic E-state index is 11.8. The van der Waals surface area contributed by atoms with Gasteiger partial charge in [-0.2, -0.15) is 8.78 Å².